The SMILES string of the molecule is CCC(C(N)=O)N(C)Cc1cccnc1. The maximum Gasteiger partial charge on any atom is 0.234 e. The summed E-state index contributed by atoms with van der Waals surface area (Å²) < 4.78 is 0. The number of aromatic nitrogens is 1. The highest BCUT2D eigenvalue weighted by molar-refractivity contribution is 5.79. The van der Waals surface area contributed by atoms with Gasteiger partial charge in [-0.05, 0) is 25.1 Å². The smallest absolute Gasteiger partial charge is 0.234 e. The van der Waals surface area contributed by atoms with Gasteiger partial charge in [0.05, 0.1) is 6.04 Å². The van der Waals surface area contributed by atoms with Gasteiger partial charge in [-0.25, -0.2) is 0 Å². The van der Waals surface area contributed by atoms with E-state index in [0.29, 0.717) is 6.54 Å². The lowest BCUT2D eigenvalue weighted by atomic mass is 10.1. The molecular weight excluding hydrogens is 190 g/mol. The van der Waals surface area contributed by atoms with Gasteiger partial charge in [0.2, 0.25) is 5.91 Å². The van der Waals surface area contributed by atoms with Crippen LogP contribution in [-0.4, -0.2) is 28.9 Å². The van der Waals surface area contributed by atoms with Crippen LogP contribution in [0.2, 0.25) is 0 Å². The summed E-state index contributed by atoms with van der Waals surface area (Å²) in [5.74, 6) is -0.274. The fraction of sp³-hybridized carbons (Fsp3) is 0.455. The summed E-state index contributed by atoms with van der Waals surface area (Å²) >= 11 is 0. The number of carbonyl (C=O) groups is 1. The van der Waals surface area contributed by atoms with Crippen LogP contribution in [0.25, 0.3) is 0 Å². The van der Waals surface area contributed by atoms with Crippen LogP contribution in [0.3, 0.4) is 0 Å². The molecule has 0 spiro atoms. The molecule has 1 heterocycles. The van der Waals surface area contributed by atoms with E-state index in [4.69, 9.17) is 5.73 Å². The van der Waals surface area contributed by atoms with Gasteiger partial charge in [-0.3, -0.25) is 14.7 Å². The first-order valence-corrected chi connectivity index (χ1v) is 5.03. The minimum absolute atomic E-state index is 0.204. The summed E-state index contributed by atoms with van der Waals surface area (Å²) in [5, 5.41) is 0. The van der Waals surface area contributed by atoms with Crippen molar-refractivity contribution >= 4 is 5.91 Å². The number of likely N-dealkylation sites (N-methyl/N-ethyl adjacent to an activating group) is 1. The summed E-state index contributed by atoms with van der Waals surface area (Å²) in [4.78, 5) is 17.1. The number of primary amides is 1. The van der Waals surface area contributed by atoms with Crippen LogP contribution in [0, 0.1) is 0 Å². The molecule has 0 saturated heterocycles. The van der Waals surface area contributed by atoms with Crippen LogP contribution in [0.4, 0.5) is 0 Å². The second-order valence-corrected chi connectivity index (χ2v) is 3.60. The van der Waals surface area contributed by atoms with Gasteiger partial charge in [-0.15, -0.1) is 0 Å². The summed E-state index contributed by atoms with van der Waals surface area (Å²) in [5.41, 5.74) is 6.39. The number of pyridine rings is 1. The summed E-state index contributed by atoms with van der Waals surface area (Å²) in [7, 11) is 1.89. The highest BCUT2D eigenvalue weighted by Gasteiger charge is 2.18. The molecule has 4 heteroatoms. The zero-order valence-electron chi connectivity index (χ0n) is 9.18. The number of hydrogen-bond acceptors (Lipinski definition) is 3. The van der Waals surface area contributed by atoms with E-state index in [1.54, 1.807) is 12.4 Å². The summed E-state index contributed by atoms with van der Waals surface area (Å²) in [6.45, 7) is 2.64. The quantitative estimate of drug-likeness (QED) is 0.776. The minimum atomic E-state index is -0.274. The first-order valence-electron chi connectivity index (χ1n) is 5.03. The van der Waals surface area contributed by atoms with Gasteiger partial charge < -0.3 is 5.73 Å². The number of hydrogen-bond donors (Lipinski definition) is 1. The normalized spacial score (nSPS) is 12.7. The Hall–Kier alpha value is -1.42. The molecule has 1 aromatic rings. The highest BCUT2D eigenvalue weighted by Crippen LogP contribution is 2.07. The van der Waals surface area contributed by atoms with Gasteiger partial charge in [-0.2, -0.15) is 0 Å². The molecule has 15 heavy (non-hydrogen) atoms. The van der Waals surface area contributed by atoms with E-state index in [0.717, 1.165) is 12.0 Å². The molecule has 0 aromatic carbocycles. The van der Waals surface area contributed by atoms with Crippen LogP contribution in [0.1, 0.15) is 18.9 Å². The Morgan fingerprint density at radius 2 is 2.40 bits per heavy atom. The van der Waals surface area contributed by atoms with Crippen molar-refractivity contribution in [3.63, 3.8) is 0 Å². The van der Waals surface area contributed by atoms with E-state index in [-0.39, 0.29) is 11.9 Å². The maximum atomic E-state index is 11.1. The summed E-state index contributed by atoms with van der Waals surface area (Å²) in [6, 6.07) is 3.66. The summed E-state index contributed by atoms with van der Waals surface area (Å²) in [6.07, 6.45) is 4.26. The van der Waals surface area contributed by atoms with Gasteiger partial charge >= 0.3 is 0 Å². The highest BCUT2D eigenvalue weighted by atomic mass is 16.1. The Balaban J connectivity index is 2.62. The molecule has 4 nitrogen and oxygen atoms in total. The molecule has 0 saturated carbocycles. The second-order valence-electron chi connectivity index (χ2n) is 3.60. The lowest BCUT2D eigenvalue weighted by molar-refractivity contribution is -0.123. The van der Waals surface area contributed by atoms with Crippen molar-refractivity contribution in [1.82, 2.24) is 9.88 Å². The van der Waals surface area contributed by atoms with E-state index in [2.05, 4.69) is 4.98 Å². The minimum Gasteiger partial charge on any atom is -0.368 e. The average Bonchev–Trinajstić information content (AvgIpc) is 2.19. The molecule has 0 fully saturated rings. The fourth-order valence-electron chi connectivity index (χ4n) is 1.62. The van der Waals surface area contributed by atoms with Crippen molar-refractivity contribution in [2.45, 2.75) is 25.9 Å². The molecule has 1 rings (SSSR count). The van der Waals surface area contributed by atoms with Crippen molar-refractivity contribution in [3.8, 4) is 0 Å². The van der Waals surface area contributed by atoms with Crippen LogP contribution < -0.4 is 5.73 Å². The first kappa shape index (κ1) is 11.7. The molecule has 82 valence electrons. The lowest BCUT2D eigenvalue weighted by Gasteiger charge is -2.24. The van der Waals surface area contributed by atoms with Crippen LogP contribution in [0.15, 0.2) is 24.5 Å². The van der Waals surface area contributed by atoms with Crippen LogP contribution >= 0.6 is 0 Å². The molecule has 0 bridgehead atoms. The molecule has 0 aliphatic rings. The standard InChI is InChI=1S/C11H17N3O/c1-3-10(11(12)15)14(2)8-9-5-4-6-13-7-9/h4-7,10H,3,8H2,1-2H3,(H2,12,15). The fourth-order valence-corrected chi connectivity index (χ4v) is 1.62. The molecule has 1 aromatic heterocycles. The van der Waals surface area contributed by atoms with Gasteiger partial charge in [0.1, 0.15) is 0 Å². The number of nitrogens with two attached hydrogens (primary N) is 1. The molecule has 0 aliphatic heterocycles. The van der Waals surface area contributed by atoms with Crippen molar-refractivity contribution < 1.29 is 4.79 Å². The predicted molar refractivity (Wildman–Crippen MR) is 59.0 cm³/mol. The molecule has 1 unspecified atom stereocenters. The van der Waals surface area contributed by atoms with Crippen LogP contribution in [0.5, 0.6) is 0 Å². The van der Waals surface area contributed by atoms with E-state index >= 15 is 0 Å². The Morgan fingerprint density at radius 3 is 2.87 bits per heavy atom. The van der Waals surface area contributed by atoms with Crippen molar-refractivity contribution in [3.05, 3.63) is 30.1 Å². The maximum absolute atomic E-state index is 11.1. The topological polar surface area (TPSA) is 59.2 Å². The number of amides is 1. The lowest BCUT2D eigenvalue weighted by Crippen LogP contribution is -2.41. The third-order valence-electron chi connectivity index (χ3n) is 2.40. The molecule has 0 aliphatic carbocycles. The average molecular weight is 207 g/mol. The zero-order chi connectivity index (χ0) is 11.3. The van der Waals surface area contributed by atoms with E-state index in [1.807, 2.05) is 31.0 Å². The van der Waals surface area contributed by atoms with Gasteiger partial charge in [0.15, 0.2) is 0 Å². The van der Waals surface area contributed by atoms with Crippen molar-refractivity contribution in [1.29, 1.82) is 0 Å². The van der Waals surface area contributed by atoms with E-state index in [9.17, 15) is 4.79 Å². The van der Waals surface area contributed by atoms with Crippen LogP contribution in [-0.2, 0) is 11.3 Å². The molecule has 0 radical (unpaired) electrons. The van der Waals surface area contributed by atoms with Gasteiger partial charge in [0, 0.05) is 18.9 Å². The predicted octanol–water partition coefficient (Wildman–Crippen LogP) is 0.777. The Labute approximate surface area is 90.1 Å². The zero-order valence-corrected chi connectivity index (χ0v) is 9.18. The Bertz CT molecular complexity index is 313. The third-order valence-corrected chi connectivity index (χ3v) is 2.40. The number of carbonyl (C=O) groups excluding carboxylic acids is 1. The van der Waals surface area contributed by atoms with Gasteiger partial charge in [-0.1, -0.05) is 13.0 Å². The van der Waals surface area contributed by atoms with Crippen molar-refractivity contribution in [2.75, 3.05) is 7.05 Å². The molecular formula is C11H17N3O. The van der Waals surface area contributed by atoms with Gasteiger partial charge in [0.25, 0.3) is 0 Å². The third kappa shape index (κ3) is 3.32. The molecule has 1 amide bonds. The number of nitrogens with zero attached hydrogens (tertiary/aromatic N) is 2. The van der Waals surface area contributed by atoms with E-state index in [1.165, 1.54) is 0 Å². The second kappa shape index (κ2) is 5.46. The first-order chi connectivity index (χ1) is 7.15. The molecule has 2 N–H and O–H groups in total. The van der Waals surface area contributed by atoms with E-state index < -0.39 is 0 Å². The largest absolute Gasteiger partial charge is 0.368 e. The van der Waals surface area contributed by atoms with Crippen molar-refractivity contribution in [2.24, 2.45) is 5.73 Å². The number of rotatable bonds is 5. The Kier molecular flexibility index (Phi) is 4.24. The molecule has 1 atom stereocenters. The monoisotopic (exact) mass is 207 g/mol. The Morgan fingerprint density at radius 1 is 1.67 bits per heavy atom.